The number of halogens is 6. The van der Waals surface area contributed by atoms with Gasteiger partial charge in [-0.2, -0.15) is 26.3 Å². The minimum absolute atomic E-state index is 0.0470. The van der Waals surface area contributed by atoms with E-state index in [1.165, 1.54) is 19.2 Å². The van der Waals surface area contributed by atoms with Crippen LogP contribution >= 0.6 is 0 Å². The van der Waals surface area contributed by atoms with Crippen LogP contribution in [0.25, 0.3) is 11.6 Å². The lowest BCUT2D eigenvalue weighted by atomic mass is 9.68. The summed E-state index contributed by atoms with van der Waals surface area (Å²) in [5.74, 6) is -5.81. The molecule has 1 aliphatic heterocycles. The number of methoxy groups -OCH3 is 1. The Bertz CT molecular complexity index is 1720. The standard InChI is InChI=1S/C35H32F6N2O6/c1-49-18-21-13-26-31(33(48)43(32(26)47)24-15-22(34(36,37)38)14-23(16-24)35(39,40)41)27(17-44)30(21)29(46)10-7-20(28-4-2-3-11-42-28)12-19-5-8-25(45)9-6-19/h2-6,8-9,11-12,14-16,26-27,29,31,44-46H,7,10,13,17-18H2,1H3/b20-12-/t26-,27+,29-,31-/m1/s1. The molecule has 0 spiro atoms. The molecular weight excluding hydrogens is 658 g/mol. The number of phenols is 1. The van der Waals surface area contributed by atoms with Crippen molar-refractivity contribution >= 4 is 29.2 Å². The van der Waals surface area contributed by atoms with Crippen LogP contribution in [0.4, 0.5) is 32.0 Å². The summed E-state index contributed by atoms with van der Waals surface area (Å²) in [5, 5.41) is 31.9. The number of allylic oxidation sites excluding steroid dienone is 1. The molecule has 1 aromatic heterocycles. The normalized spacial score (nSPS) is 21.0. The summed E-state index contributed by atoms with van der Waals surface area (Å²) in [4.78, 5) is 32.2. The Kier molecular flexibility index (Phi) is 10.3. The van der Waals surface area contributed by atoms with Gasteiger partial charge in [-0.3, -0.25) is 14.6 Å². The van der Waals surface area contributed by atoms with Crippen LogP contribution < -0.4 is 4.90 Å². The maximum absolute atomic E-state index is 13.8. The number of aliphatic hydroxyl groups excluding tert-OH is 2. The van der Waals surface area contributed by atoms with Gasteiger partial charge in [-0.1, -0.05) is 18.2 Å². The molecule has 3 aromatic rings. The fourth-order valence-corrected chi connectivity index (χ4v) is 6.63. The van der Waals surface area contributed by atoms with Gasteiger partial charge in [0.15, 0.2) is 0 Å². The number of ether oxygens (including phenoxy) is 1. The highest BCUT2D eigenvalue weighted by Gasteiger charge is 2.55. The average Bonchev–Trinajstić information content (AvgIpc) is 3.31. The van der Waals surface area contributed by atoms with E-state index in [9.17, 15) is 51.3 Å². The summed E-state index contributed by atoms with van der Waals surface area (Å²) < 4.78 is 87.1. The number of benzene rings is 2. The molecule has 1 saturated heterocycles. The zero-order valence-electron chi connectivity index (χ0n) is 26.0. The van der Waals surface area contributed by atoms with Crippen molar-refractivity contribution in [1.29, 1.82) is 0 Å². The van der Waals surface area contributed by atoms with Gasteiger partial charge in [0, 0.05) is 19.2 Å². The van der Waals surface area contributed by atoms with Gasteiger partial charge >= 0.3 is 12.4 Å². The number of aliphatic hydroxyl groups is 2. The summed E-state index contributed by atoms with van der Waals surface area (Å²) in [6.45, 7) is -0.869. The first-order valence-corrected chi connectivity index (χ1v) is 15.2. The van der Waals surface area contributed by atoms with Gasteiger partial charge in [-0.25, -0.2) is 4.90 Å². The molecule has 0 bridgehead atoms. The minimum atomic E-state index is -5.21. The highest BCUT2D eigenvalue weighted by atomic mass is 19.4. The molecule has 5 rings (SSSR count). The zero-order chi connectivity index (χ0) is 35.7. The number of amides is 2. The third-order valence-electron chi connectivity index (χ3n) is 8.80. The Morgan fingerprint density at radius 3 is 2.20 bits per heavy atom. The number of phenolic OH excluding ortho intramolecular Hbond substituents is 1. The largest absolute Gasteiger partial charge is 0.508 e. The first kappa shape index (κ1) is 35.8. The lowest BCUT2D eigenvalue weighted by Crippen LogP contribution is -2.39. The first-order chi connectivity index (χ1) is 23.1. The van der Waals surface area contributed by atoms with Crippen LogP contribution in [-0.4, -0.2) is 58.5 Å². The smallest absolute Gasteiger partial charge is 0.416 e. The van der Waals surface area contributed by atoms with E-state index in [1.807, 2.05) is 6.08 Å². The second kappa shape index (κ2) is 14.1. The molecule has 0 radical (unpaired) electrons. The number of carbonyl (C=O) groups excluding carboxylic acids is 2. The van der Waals surface area contributed by atoms with Crippen LogP contribution in [0.1, 0.15) is 41.6 Å². The average molecular weight is 691 g/mol. The molecule has 14 heteroatoms. The van der Waals surface area contributed by atoms with E-state index in [1.54, 1.807) is 36.5 Å². The Hall–Kier alpha value is -4.53. The van der Waals surface area contributed by atoms with Gasteiger partial charge in [-0.15, -0.1) is 0 Å². The number of aromatic nitrogens is 1. The van der Waals surface area contributed by atoms with Crippen LogP contribution in [0.2, 0.25) is 0 Å². The van der Waals surface area contributed by atoms with Crippen LogP contribution in [0.3, 0.4) is 0 Å². The van der Waals surface area contributed by atoms with Gasteiger partial charge in [0.05, 0.1) is 53.7 Å². The molecular formula is C35H32F6N2O6. The van der Waals surface area contributed by atoms with Crippen LogP contribution in [0.5, 0.6) is 5.75 Å². The SMILES string of the molecule is COCC1=C([C@H](O)CC/C(=C/c2ccc(O)cc2)c2ccccn2)[C@H](CO)[C@@H]2C(=O)N(c3cc(C(F)(F)F)cc(C(F)(F)F)c3)C(=O)[C@@H]2C1. The molecule has 260 valence electrons. The van der Waals surface area contributed by atoms with E-state index in [2.05, 4.69) is 4.98 Å². The molecule has 1 aliphatic carbocycles. The summed E-state index contributed by atoms with van der Waals surface area (Å²) in [7, 11) is 1.35. The second-order valence-corrected chi connectivity index (χ2v) is 11.9. The third-order valence-corrected chi connectivity index (χ3v) is 8.80. The molecule has 3 N–H and O–H groups in total. The number of carbonyl (C=O) groups is 2. The highest BCUT2D eigenvalue weighted by molar-refractivity contribution is 6.22. The Labute approximate surface area is 277 Å². The fourth-order valence-electron chi connectivity index (χ4n) is 6.63. The van der Waals surface area contributed by atoms with E-state index >= 15 is 0 Å². The van der Waals surface area contributed by atoms with Crippen molar-refractivity contribution in [3.8, 4) is 5.75 Å². The molecule has 0 saturated carbocycles. The number of anilines is 1. The lowest BCUT2D eigenvalue weighted by molar-refractivity contribution is -0.143. The summed E-state index contributed by atoms with van der Waals surface area (Å²) in [6, 6.07) is 12.2. The number of fused-ring (bicyclic) bond motifs is 1. The van der Waals surface area contributed by atoms with Gasteiger partial charge in [-0.05, 0) is 90.1 Å². The molecule has 4 atom stereocenters. The molecule has 1 fully saturated rings. The number of aromatic hydroxyl groups is 1. The first-order valence-electron chi connectivity index (χ1n) is 15.2. The summed E-state index contributed by atoms with van der Waals surface area (Å²) in [5.41, 5.74) is -1.62. The van der Waals surface area contributed by atoms with Crippen molar-refractivity contribution in [1.82, 2.24) is 4.98 Å². The Morgan fingerprint density at radius 1 is 1.00 bits per heavy atom. The van der Waals surface area contributed by atoms with Crippen molar-refractivity contribution in [2.75, 3.05) is 25.2 Å². The molecule has 2 aliphatic rings. The minimum Gasteiger partial charge on any atom is -0.508 e. The van der Waals surface area contributed by atoms with E-state index in [4.69, 9.17) is 4.74 Å². The van der Waals surface area contributed by atoms with Crippen molar-refractivity contribution < 1.29 is 56.0 Å². The lowest BCUT2D eigenvalue weighted by Gasteiger charge is -2.36. The fraction of sp³-hybridized carbons (Fsp3) is 0.343. The van der Waals surface area contributed by atoms with E-state index in [0.717, 1.165) is 5.56 Å². The Morgan fingerprint density at radius 2 is 1.65 bits per heavy atom. The number of hydrogen-bond donors (Lipinski definition) is 3. The number of rotatable bonds is 10. The maximum Gasteiger partial charge on any atom is 0.416 e. The predicted octanol–water partition coefficient (Wildman–Crippen LogP) is 6.27. The summed E-state index contributed by atoms with van der Waals surface area (Å²) in [6.07, 6.45) is -8.20. The number of pyridine rings is 1. The van der Waals surface area contributed by atoms with Crippen molar-refractivity contribution in [3.05, 3.63) is 100 Å². The molecule has 2 aromatic carbocycles. The predicted molar refractivity (Wildman–Crippen MR) is 165 cm³/mol. The van der Waals surface area contributed by atoms with Crippen LogP contribution in [-0.2, 0) is 26.7 Å². The van der Waals surface area contributed by atoms with Crippen molar-refractivity contribution in [3.63, 3.8) is 0 Å². The van der Waals surface area contributed by atoms with Crippen molar-refractivity contribution in [2.45, 2.75) is 37.7 Å². The maximum atomic E-state index is 13.8. The quantitative estimate of drug-likeness (QED) is 0.130. The van der Waals surface area contributed by atoms with Gasteiger partial charge < -0.3 is 20.1 Å². The molecule has 2 heterocycles. The molecule has 49 heavy (non-hydrogen) atoms. The number of nitrogens with zero attached hydrogens (tertiary/aromatic N) is 2. The topological polar surface area (TPSA) is 120 Å². The molecule has 8 nitrogen and oxygen atoms in total. The number of hydrogen-bond acceptors (Lipinski definition) is 7. The van der Waals surface area contributed by atoms with Gasteiger partial charge in [0.2, 0.25) is 11.8 Å². The number of alkyl halides is 6. The molecule has 0 unspecified atom stereocenters. The highest BCUT2D eigenvalue weighted by Crippen LogP contribution is 2.48. The monoisotopic (exact) mass is 690 g/mol. The number of imide groups is 1. The van der Waals surface area contributed by atoms with E-state index < -0.39 is 71.4 Å². The summed E-state index contributed by atoms with van der Waals surface area (Å²) >= 11 is 0. The second-order valence-electron chi connectivity index (χ2n) is 11.9. The molecule has 2 amide bonds. The van der Waals surface area contributed by atoms with Crippen molar-refractivity contribution in [2.24, 2.45) is 17.8 Å². The van der Waals surface area contributed by atoms with E-state index in [0.29, 0.717) is 33.9 Å². The third kappa shape index (κ3) is 7.56. The van der Waals surface area contributed by atoms with Crippen LogP contribution in [0, 0.1) is 17.8 Å². The zero-order valence-corrected chi connectivity index (χ0v) is 26.0. The van der Waals surface area contributed by atoms with Crippen LogP contribution in [0.15, 0.2) is 78.0 Å². The van der Waals surface area contributed by atoms with Gasteiger partial charge in [0.25, 0.3) is 0 Å². The van der Waals surface area contributed by atoms with Gasteiger partial charge in [0.1, 0.15) is 5.75 Å². The van der Waals surface area contributed by atoms with E-state index in [-0.39, 0.29) is 43.3 Å². The Balaban J connectivity index is 1.48.